The number of aryl methyl sites for hydroxylation is 2. The Morgan fingerprint density at radius 2 is 2.32 bits per heavy atom. The minimum Gasteiger partial charge on any atom is -0.352 e. The van der Waals surface area contributed by atoms with Crippen molar-refractivity contribution < 1.29 is 4.79 Å². The molecule has 2 rings (SSSR count). The van der Waals surface area contributed by atoms with E-state index in [4.69, 9.17) is 0 Å². The van der Waals surface area contributed by atoms with Gasteiger partial charge in [-0.15, -0.1) is 0 Å². The molecule has 0 radical (unpaired) electrons. The van der Waals surface area contributed by atoms with Gasteiger partial charge in [0.1, 0.15) is 0 Å². The van der Waals surface area contributed by atoms with Gasteiger partial charge in [0.15, 0.2) is 0 Å². The van der Waals surface area contributed by atoms with E-state index in [9.17, 15) is 4.79 Å². The second-order valence-corrected chi connectivity index (χ2v) is 5.90. The van der Waals surface area contributed by atoms with Crippen molar-refractivity contribution in [2.75, 3.05) is 13.1 Å². The first-order chi connectivity index (χ1) is 9.01. The lowest BCUT2D eigenvalue weighted by Crippen LogP contribution is -2.35. The first kappa shape index (κ1) is 14.5. The Kier molecular flexibility index (Phi) is 4.62. The molecule has 19 heavy (non-hydrogen) atoms. The fourth-order valence-corrected chi connectivity index (χ4v) is 3.33. The first-order valence-corrected chi connectivity index (χ1v) is 7.50. The molecule has 5 nitrogen and oxygen atoms in total. The molecule has 1 aromatic rings. The Morgan fingerprint density at radius 1 is 1.58 bits per heavy atom. The molecule has 1 unspecified atom stereocenters. The van der Waals surface area contributed by atoms with Crippen LogP contribution in [0.15, 0.2) is 4.47 Å². The van der Waals surface area contributed by atoms with Gasteiger partial charge in [-0.2, -0.15) is 5.10 Å². The highest BCUT2D eigenvalue weighted by Crippen LogP contribution is 2.24. The molecule has 1 saturated heterocycles. The number of halogens is 1. The molecule has 2 heterocycles. The van der Waals surface area contributed by atoms with Gasteiger partial charge >= 0.3 is 0 Å². The summed E-state index contributed by atoms with van der Waals surface area (Å²) in [6.07, 6.45) is 1.96. The molecule has 0 bridgehead atoms. The van der Waals surface area contributed by atoms with Gasteiger partial charge in [0.2, 0.25) is 5.91 Å². The number of hydrogen-bond donors (Lipinski definition) is 1. The fraction of sp³-hybridized carbons (Fsp3) is 0.692. The molecule has 1 aliphatic rings. The topological polar surface area (TPSA) is 50.2 Å². The minimum absolute atomic E-state index is 0.0573. The van der Waals surface area contributed by atoms with Crippen molar-refractivity contribution in [3.63, 3.8) is 0 Å². The molecule has 1 N–H and O–H groups in total. The quantitative estimate of drug-likeness (QED) is 0.910. The highest BCUT2D eigenvalue weighted by molar-refractivity contribution is 9.10. The molecule has 0 saturated carbocycles. The maximum Gasteiger partial charge on any atom is 0.217 e. The van der Waals surface area contributed by atoms with Gasteiger partial charge in [0.25, 0.3) is 0 Å². The monoisotopic (exact) mass is 328 g/mol. The summed E-state index contributed by atoms with van der Waals surface area (Å²) < 4.78 is 3.08. The molecular weight excluding hydrogens is 308 g/mol. The Balaban J connectivity index is 1.99. The summed E-state index contributed by atoms with van der Waals surface area (Å²) >= 11 is 3.65. The van der Waals surface area contributed by atoms with Crippen molar-refractivity contribution in [3.05, 3.63) is 15.9 Å². The Hall–Kier alpha value is -0.880. The van der Waals surface area contributed by atoms with E-state index in [0.717, 1.165) is 42.6 Å². The smallest absolute Gasteiger partial charge is 0.217 e. The molecule has 1 aromatic heterocycles. The molecule has 0 aromatic carbocycles. The molecule has 106 valence electrons. The van der Waals surface area contributed by atoms with Crippen LogP contribution in [0, 0.1) is 0 Å². The zero-order chi connectivity index (χ0) is 14.0. The van der Waals surface area contributed by atoms with Gasteiger partial charge in [-0.25, -0.2) is 0 Å². The summed E-state index contributed by atoms with van der Waals surface area (Å²) in [7, 11) is 1.99. The van der Waals surface area contributed by atoms with Crippen LogP contribution < -0.4 is 5.32 Å². The van der Waals surface area contributed by atoms with Crippen molar-refractivity contribution in [2.24, 2.45) is 7.05 Å². The maximum atomic E-state index is 11.1. The molecular formula is C13H21BrN4O. The summed E-state index contributed by atoms with van der Waals surface area (Å²) in [5.74, 6) is 0.0573. The van der Waals surface area contributed by atoms with Crippen LogP contribution in [0.3, 0.4) is 0 Å². The Morgan fingerprint density at radius 3 is 2.89 bits per heavy atom. The average Bonchev–Trinajstić information content (AvgIpc) is 2.88. The molecule has 1 fully saturated rings. The third kappa shape index (κ3) is 3.36. The van der Waals surface area contributed by atoms with E-state index in [1.807, 2.05) is 11.7 Å². The first-order valence-electron chi connectivity index (χ1n) is 6.71. The second-order valence-electron chi connectivity index (χ2n) is 5.11. The van der Waals surface area contributed by atoms with E-state index >= 15 is 0 Å². The zero-order valence-electron chi connectivity index (χ0n) is 11.7. The lowest BCUT2D eigenvalue weighted by Gasteiger charge is -2.16. The largest absolute Gasteiger partial charge is 0.352 e. The second kappa shape index (κ2) is 6.05. The Bertz CT molecular complexity index is 471. The summed E-state index contributed by atoms with van der Waals surface area (Å²) in [6.45, 7) is 6.50. The van der Waals surface area contributed by atoms with E-state index in [2.05, 4.69) is 38.2 Å². The van der Waals surface area contributed by atoms with Crippen molar-refractivity contribution in [2.45, 2.75) is 39.3 Å². The van der Waals surface area contributed by atoms with Crippen molar-refractivity contribution in [1.29, 1.82) is 0 Å². The van der Waals surface area contributed by atoms with E-state index in [0.29, 0.717) is 0 Å². The van der Waals surface area contributed by atoms with Gasteiger partial charge in [0, 0.05) is 39.6 Å². The number of nitrogens with zero attached hydrogens (tertiary/aromatic N) is 3. The number of nitrogens with one attached hydrogen (secondary N) is 1. The number of hydrogen-bond acceptors (Lipinski definition) is 3. The van der Waals surface area contributed by atoms with Gasteiger partial charge in [-0.1, -0.05) is 6.92 Å². The Labute approximate surface area is 122 Å². The highest BCUT2D eigenvalue weighted by Gasteiger charge is 2.25. The SMILES string of the molecule is CCc1nn(C)c(CN2CCC(NC(C)=O)C2)c1Br. The lowest BCUT2D eigenvalue weighted by atomic mass is 10.2. The van der Waals surface area contributed by atoms with Gasteiger partial charge in [-0.05, 0) is 28.8 Å². The number of carbonyl (C=O) groups excluding carboxylic acids is 1. The predicted octanol–water partition coefficient (Wildman–Crippen LogP) is 1.46. The van der Waals surface area contributed by atoms with Gasteiger partial charge in [0.05, 0.1) is 15.9 Å². The molecule has 6 heteroatoms. The third-order valence-corrected chi connectivity index (χ3v) is 4.47. The standard InChI is InChI=1S/C13H21BrN4O/c1-4-11-13(14)12(17(3)16-11)8-18-6-5-10(7-18)15-9(2)19/h10H,4-8H2,1-3H3,(H,15,19). The average molecular weight is 329 g/mol. The third-order valence-electron chi connectivity index (χ3n) is 3.56. The lowest BCUT2D eigenvalue weighted by molar-refractivity contribution is -0.119. The van der Waals surface area contributed by atoms with Crippen molar-refractivity contribution >= 4 is 21.8 Å². The van der Waals surface area contributed by atoms with Crippen LogP contribution in [0.4, 0.5) is 0 Å². The van der Waals surface area contributed by atoms with Crippen LogP contribution in [0.5, 0.6) is 0 Å². The van der Waals surface area contributed by atoms with Crippen LogP contribution >= 0.6 is 15.9 Å². The zero-order valence-corrected chi connectivity index (χ0v) is 13.3. The number of likely N-dealkylation sites (tertiary alicyclic amines) is 1. The number of rotatable bonds is 4. The normalized spacial score (nSPS) is 19.9. The van der Waals surface area contributed by atoms with Crippen LogP contribution in [-0.4, -0.2) is 39.7 Å². The van der Waals surface area contributed by atoms with E-state index in [1.165, 1.54) is 5.69 Å². The number of amides is 1. The van der Waals surface area contributed by atoms with Gasteiger partial charge < -0.3 is 5.32 Å². The van der Waals surface area contributed by atoms with Gasteiger partial charge in [-0.3, -0.25) is 14.4 Å². The van der Waals surface area contributed by atoms with Crippen LogP contribution in [-0.2, 0) is 24.8 Å². The summed E-state index contributed by atoms with van der Waals surface area (Å²) in [6, 6.07) is 0.287. The molecule has 0 spiro atoms. The highest BCUT2D eigenvalue weighted by atomic mass is 79.9. The predicted molar refractivity (Wildman–Crippen MR) is 77.8 cm³/mol. The van der Waals surface area contributed by atoms with Crippen molar-refractivity contribution in [1.82, 2.24) is 20.0 Å². The summed E-state index contributed by atoms with van der Waals surface area (Å²) in [5.41, 5.74) is 2.32. The maximum absolute atomic E-state index is 11.1. The van der Waals surface area contributed by atoms with Crippen LogP contribution in [0.25, 0.3) is 0 Å². The minimum atomic E-state index is 0.0573. The van der Waals surface area contributed by atoms with E-state index in [-0.39, 0.29) is 11.9 Å². The number of aromatic nitrogens is 2. The van der Waals surface area contributed by atoms with Crippen LogP contribution in [0.1, 0.15) is 31.7 Å². The van der Waals surface area contributed by atoms with Crippen LogP contribution in [0.2, 0.25) is 0 Å². The molecule has 1 atom stereocenters. The molecule has 1 aliphatic heterocycles. The molecule has 1 amide bonds. The number of carbonyl (C=O) groups is 1. The summed E-state index contributed by atoms with van der Waals surface area (Å²) in [5, 5.41) is 7.50. The molecule has 0 aliphatic carbocycles. The van der Waals surface area contributed by atoms with E-state index < -0.39 is 0 Å². The fourth-order valence-electron chi connectivity index (χ4n) is 2.58. The van der Waals surface area contributed by atoms with E-state index in [1.54, 1.807) is 6.92 Å². The summed E-state index contributed by atoms with van der Waals surface area (Å²) in [4.78, 5) is 13.4. The van der Waals surface area contributed by atoms with Crippen molar-refractivity contribution in [3.8, 4) is 0 Å².